The second kappa shape index (κ2) is 17.7. The first-order chi connectivity index (χ1) is 22.6. The molecule has 0 unspecified atom stereocenters. The standard InChI is InChI=1S/2C16H13.C13H10.2ClH.Ti/c2*1-12-10-14-8-5-9-15(16(14)11-12)13-6-3-2-4-7-13;1-3-7-12(8-4-1)11-13-9-5-2-6-10-13;;;/h2*2-11H,1H3;1-10H;2*1H;/q2*-1;;;;+2/p-2. The molecule has 0 N–H and O–H groups in total. The molecule has 8 aromatic carbocycles. The second-order valence-electron chi connectivity index (χ2n) is 11.5. The molecule has 0 atom stereocenters. The molecule has 8 aromatic rings. The zero-order valence-electron chi connectivity index (χ0n) is 27.1. The van der Waals surface area contributed by atoms with E-state index in [1.54, 1.807) is 0 Å². The van der Waals surface area contributed by atoms with Crippen molar-refractivity contribution in [3.05, 3.63) is 204 Å². The van der Waals surface area contributed by atoms with E-state index in [4.69, 9.17) is 0 Å². The average molecular weight is 696 g/mol. The molecule has 0 amide bonds. The SMILES string of the molecule is Cc1cc2c(-c3ccccc3)cccc2[cH-]1.Cc1cc2c(-c3ccccc3)cccc2[cH-]1.[Cl-].[Cl-].[Ti+2]=[C](c1ccccc1)c1ccccc1. The topological polar surface area (TPSA) is 0 Å². The third kappa shape index (κ3) is 8.98. The summed E-state index contributed by atoms with van der Waals surface area (Å²) in [7, 11) is 0. The van der Waals surface area contributed by atoms with Crippen LogP contribution < -0.4 is 24.8 Å². The zero-order chi connectivity index (χ0) is 31.7. The number of aryl methyl sites for hydroxylation is 2. The predicted octanol–water partition coefficient (Wildman–Crippen LogP) is 5.88. The van der Waals surface area contributed by atoms with Crippen LogP contribution in [0.4, 0.5) is 0 Å². The van der Waals surface area contributed by atoms with Gasteiger partial charge in [0.05, 0.1) is 0 Å². The van der Waals surface area contributed by atoms with Gasteiger partial charge in [0.15, 0.2) is 0 Å². The van der Waals surface area contributed by atoms with Crippen LogP contribution in [0.15, 0.2) is 182 Å². The normalized spacial score (nSPS) is 10.1. The van der Waals surface area contributed by atoms with Crippen molar-refractivity contribution in [1.29, 1.82) is 0 Å². The molecule has 0 saturated carbocycles. The van der Waals surface area contributed by atoms with Crippen molar-refractivity contribution < 1.29 is 44.8 Å². The molecular weight excluding hydrogens is 659 g/mol. The fraction of sp³-hybridized carbons (Fsp3) is 0.0444. The number of hydrogen-bond donors (Lipinski definition) is 0. The van der Waals surface area contributed by atoms with E-state index in [-0.39, 0.29) is 24.8 Å². The van der Waals surface area contributed by atoms with Crippen LogP contribution in [0.2, 0.25) is 0 Å². The molecule has 236 valence electrons. The Balaban J connectivity index is 0.000000160. The van der Waals surface area contributed by atoms with Gasteiger partial charge in [-0.3, -0.25) is 0 Å². The molecule has 0 heterocycles. The van der Waals surface area contributed by atoms with Crippen molar-refractivity contribution in [2.45, 2.75) is 13.8 Å². The molecule has 0 nitrogen and oxygen atoms in total. The summed E-state index contributed by atoms with van der Waals surface area (Å²) in [6.45, 7) is 4.30. The van der Waals surface area contributed by atoms with Crippen LogP contribution in [0.25, 0.3) is 43.8 Å². The Morgan fingerprint density at radius 3 is 1.10 bits per heavy atom. The van der Waals surface area contributed by atoms with Gasteiger partial charge in [-0.05, 0) is 11.1 Å². The van der Waals surface area contributed by atoms with Crippen molar-refractivity contribution >= 4 is 25.4 Å². The molecule has 0 aliphatic rings. The van der Waals surface area contributed by atoms with E-state index in [9.17, 15) is 0 Å². The molecule has 0 saturated heterocycles. The van der Waals surface area contributed by atoms with Crippen molar-refractivity contribution in [1.82, 2.24) is 0 Å². The van der Waals surface area contributed by atoms with Crippen molar-refractivity contribution in [3.63, 3.8) is 0 Å². The summed E-state index contributed by atoms with van der Waals surface area (Å²) in [6.07, 6.45) is 0. The molecule has 0 aromatic heterocycles. The third-order valence-corrected chi connectivity index (χ3v) is 8.99. The van der Waals surface area contributed by atoms with Crippen LogP contribution in [-0.2, 0) is 20.0 Å². The Morgan fingerprint density at radius 1 is 0.417 bits per heavy atom. The summed E-state index contributed by atoms with van der Waals surface area (Å²) in [5, 5.41) is 5.37. The third-order valence-electron chi connectivity index (χ3n) is 8.08. The quantitative estimate of drug-likeness (QED) is 0.160. The second-order valence-corrected chi connectivity index (χ2v) is 12.3. The molecule has 48 heavy (non-hydrogen) atoms. The van der Waals surface area contributed by atoms with Gasteiger partial charge >= 0.3 is 95.6 Å². The van der Waals surface area contributed by atoms with Crippen molar-refractivity contribution in [2.24, 2.45) is 0 Å². The van der Waals surface area contributed by atoms with Gasteiger partial charge in [-0.2, -0.15) is 12.1 Å². The molecule has 0 fully saturated rings. The molecule has 3 heteroatoms. The summed E-state index contributed by atoms with van der Waals surface area (Å²) < 4.78 is 1.33. The predicted molar refractivity (Wildman–Crippen MR) is 196 cm³/mol. The van der Waals surface area contributed by atoms with Crippen LogP contribution >= 0.6 is 0 Å². The Kier molecular flexibility index (Phi) is 13.5. The molecule has 0 radical (unpaired) electrons. The van der Waals surface area contributed by atoms with E-state index < -0.39 is 0 Å². The van der Waals surface area contributed by atoms with Crippen LogP contribution in [0, 0.1) is 13.8 Å². The van der Waals surface area contributed by atoms with Gasteiger partial charge in [-0.1, -0.05) is 97.8 Å². The first kappa shape index (κ1) is 36.5. The van der Waals surface area contributed by atoms with Crippen LogP contribution in [-0.4, -0.2) is 3.81 Å². The van der Waals surface area contributed by atoms with Gasteiger partial charge < -0.3 is 24.8 Å². The minimum absolute atomic E-state index is 0. The first-order valence-electron chi connectivity index (χ1n) is 15.7. The van der Waals surface area contributed by atoms with E-state index in [2.05, 4.69) is 204 Å². The van der Waals surface area contributed by atoms with Gasteiger partial charge in [-0.25, -0.2) is 0 Å². The Labute approximate surface area is 308 Å². The van der Waals surface area contributed by atoms with E-state index in [1.165, 1.54) is 69.9 Å². The number of rotatable bonds is 4. The fourth-order valence-corrected chi connectivity index (χ4v) is 6.40. The minimum atomic E-state index is 0. The van der Waals surface area contributed by atoms with E-state index >= 15 is 0 Å². The maximum atomic E-state index is 2.26. The molecule has 0 aliphatic heterocycles. The molecule has 0 aliphatic carbocycles. The summed E-state index contributed by atoms with van der Waals surface area (Å²) in [6, 6.07) is 64.0. The van der Waals surface area contributed by atoms with Gasteiger partial charge in [0.1, 0.15) is 0 Å². The van der Waals surface area contributed by atoms with Crippen LogP contribution in [0.5, 0.6) is 0 Å². The maximum absolute atomic E-state index is 2.26. The average Bonchev–Trinajstić information content (AvgIpc) is 3.70. The van der Waals surface area contributed by atoms with Crippen LogP contribution in [0.3, 0.4) is 0 Å². The van der Waals surface area contributed by atoms with E-state index in [0.29, 0.717) is 0 Å². The van der Waals surface area contributed by atoms with Crippen LogP contribution in [0.1, 0.15) is 22.3 Å². The Hall–Kier alpha value is -4.30. The number of benzene rings is 6. The monoisotopic (exact) mass is 694 g/mol. The van der Waals surface area contributed by atoms with Crippen molar-refractivity contribution in [2.75, 3.05) is 0 Å². The molecule has 8 rings (SSSR count). The summed E-state index contributed by atoms with van der Waals surface area (Å²) in [4.78, 5) is 0. The Morgan fingerprint density at radius 2 is 0.750 bits per heavy atom. The molecule has 0 bridgehead atoms. The number of fused-ring (bicyclic) bond motifs is 2. The molecular formula is C45H36Cl2Ti-2. The van der Waals surface area contributed by atoms with Crippen molar-refractivity contribution in [3.8, 4) is 22.3 Å². The molecule has 0 spiro atoms. The zero-order valence-corrected chi connectivity index (χ0v) is 30.1. The van der Waals surface area contributed by atoms with Gasteiger partial charge in [0.2, 0.25) is 0 Å². The number of hydrogen-bond acceptors (Lipinski definition) is 0. The van der Waals surface area contributed by atoms with E-state index in [0.717, 1.165) is 0 Å². The fourth-order valence-electron chi connectivity index (χ4n) is 5.88. The van der Waals surface area contributed by atoms with Gasteiger partial charge in [-0.15, -0.1) is 69.1 Å². The van der Waals surface area contributed by atoms with Gasteiger partial charge in [0, 0.05) is 0 Å². The first-order valence-corrected chi connectivity index (χ1v) is 16.5. The van der Waals surface area contributed by atoms with Gasteiger partial charge in [0.25, 0.3) is 0 Å². The van der Waals surface area contributed by atoms with E-state index in [1.807, 2.05) is 12.1 Å². The Bertz CT molecular complexity index is 2000. The summed E-state index contributed by atoms with van der Waals surface area (Å²) >= 11 is 2.16. The summed E-state index contributed by atoms with van der Waals surface area (Å²) in [5.41, 5.74) is 10.5. The summed E-state index contributed by atoms with van der Waals surface area (Å²) in [5.74, 6) is 0. The number of halogens is 2.